The van der Waals surface area contributed by atoms with Crippen molar-refractivity contribution in [2.75, 3.05) is 7.11 Å². The lowest BCUT2D eigenvalue weighted by Gasteiger charge is -2.05. The summed E-state index contributed by atoms with van der Waals surface area (Å²) in [6.07, 6.45) is 0. The van der Waals surface area contributed by atoms with Gasteiger partial charge in [-0.15, -0.1) is 11.3 Å². The summed E-state index contributed by atoms with van der Waals surface area (Å²) in [5, 5.41) is 3.10. The molecule has 0 aliphatic rings. The molecule has 0 spiro atoms. The van der Waals surface area contributed by atoms with Crippen LogP contribution in [-0.4, -0.2) is 17.9 Å². The Bertz CT molecular complexity index is 565. The predicted molar refractivity (Wildman–Crippen MR) is 69.1 cm³/mol. The molecule has 88 valence electrons. The second-order valence-electron chi connectivity index (χ2n) is 3.44. The molecule has 1 aromatic heterocycles. The average Bonchev–Trinajstić information content (AvgIpc) is 2.78. The fraction of sp³-hybridized carbons (Fsp3) is 0.167. The van der Waals surface area contributed by atoms with Crippen LogP contribution in [0.3, 0.4) is 0 Å². The summed E-state index contributed by atoms with van der Waals surface area (Å²) in [7, 11) is 1.58. The highest BCUT2D eigenvalue weighted by Gasteiger charge is 2.12. The van der Waals surface area contributed by atoms with Gasteiger partial charge in [0.05, 0.1) is 12.7 Å². The molecule has 1 aromatic carbocycles. The van der Waals surface area contributed by atoms with Crippen molar-refractivity contribution >= 4 is 28.7 Å². The summed E-state index contributed by atoms with van der Waals surface area (Å²) in [6.45, 7) is 1.50. The molecule has 3 nitrogen and oxygen atoms in total. The van der Waals surface area contributed by atoms with Crippen molar-refractivity contribution in [3.8, 4) is 16.3 Å². The fourth-order valence-corrected chi connectivity index (χ4v) is 2.45. The SMILES string of the molecule is COc1cc(Cl)ccc1-c1nc(C(C)=O)cs1. The van der Waals surface area contributed by atoms with E-state index in [4.69, 9.17) is 16.3 Å². The topological polar surface area (TPSA) is 39.2 Å². The third-order valence-electron chi connectivity index (χ3n) is 2.26. The van der Waals surface area contributed by atoms with Crippen LogP contribution in [-0.2, 0) is 0 Å². The summed E-state index contributed by atoms with van der Waals surface area (Å²) < 4.78 is 5.25. The zero-order chi connectivity index (χ0) is 12.4. The van der Waals surface area contributed by atoms with Gasteiger partial charge in [-0.2, -0.15) is 0 Å². The quantitative estimate of drug-likeness (QED) is 0.797. The number of rotatable bonds is 3. The van der Waals surface area contributed by atoms with E-state index in [1.54, 1.807) is 24.6 Å². The molecule has 0 aliphatic heterocycles. The first-order valence-corrected chi connectivity index (χ1v) is 6.18. The van der Waals surface area contributed by atoms with Crippen molar-refractivity contribution in [3.05, 3.63) is 34.3 Å². The van der Waals surface area contributed by atoms with E-state index >= 15 is 0 Å². The van der Waals surface area contributed by atoms with Crippen molar-refractivity contribution < 1.29 is 9.53 Å². The summed E-state index contributed by atoms with van der Waals surface area (Å²) in [6, 6.07) is 5.34. The molecule has 0 saturated heterocycles. The van der Waals surface area contributed by atoms with Crippen LogP contribution in [0.1, 0.15) is 17.4 Å². The van der Waals surface area contributed by atoms with E-state index in [9.17, 15) is 4.79 Å². The summed E-state index contributed by atoms with van der Waals surface area (Å²) in [4.78, 5) is 15.5. The van der Waals surface area contributed by atoms with Gasteiger partial charge in [-0.25, -0.2) is 4.98 Å². The van der Waals surface area contributed by atoms with E-state index in [-0.39, 0.29) is 5.78 Å². The van der Waals surface area contributed by atoms with Gasteiger partial charge in [-0.3, -0.25) is 4.79 Å². The first-order chi connectivity index (χ1) is 8.11. The summed E-state index contributed by atoms with van der Waals surface area (Å²) in [5.74, 6) is 0.613. The Hall–Kier alpha value is -1.39. The molecule has 2 rings (SSSR count). The zero-order valence-corrected chi connectivity index (χ0v) is 10.9. The Balaban J connectivity index is 2.48. The summed E-state index contributed by atoms with van der Waals surface area (Å²) in [5.41, 5.74) is 1.32. The first-order valence-electron chi connectivity index (χ1n) is 4.92. The third kappa shape index (κ3) is 2.48. The number of halogens is 1. The van der Waals surface area contributed by atoms with Crippen molar-refractivity contribution in [1.82, 2.24) is 4.98 Å². The number of methoxy groups -OCH3 is 1. The second kappa shape index (κ2) is 4.85. The van der Waals surface area contributed by atoms with E-state index in [2.05, 4.69) is 4.98 Å². The van der Waals surface area contributed by atoms with Gasteiger partial charge in [-0.1, -0.05) is 11.6 Å². The van der Waals surface area contributed by atoms with Crippen LogP contribution in [0.4, 0.5) is 0 Å². The standard InChI is InChI=1S/C12H10ClNO2S/c1-7(15)10-6-17-12(14-10)9-4-3-8(13)5-11(9)16-2/h3-6H,1-2H3. The Morgan fingerprint density at radius 1 is 1.47 bits per heavy atom. The number of carbonyl (C=O) groups excluding carboxylic acids is 1. The van der Waals surface area contributed by atoms with Gasteiger partial charge in [0, 0.05) is 17.3 Å². The number of nitrogens with zero attached hydrogens (tertiary/aromatic N) is 1. The second-order valence-corrected chi connectivity index (χ2v) is 4.73. The molecule has 2 aromatic rings. The molecule has 0 saturated carbocycles. The molecule has 17 heavy (non-hydrogen) atoms. The number of carbonyl (C=O) groups is 1. The lowest BCUT2D eigenvalue weighted by molar-refractivity contribution is 0.101. The van der Waals surface area contributed by atoms with Crippen LogP contribution >= 0.6 is 22.9 Å². The molecular formula is C12H10ClNO2S. The fourth-order valence-electron chi connectivity index (χ4n) is 1.40. The highest BCUT2D eigenvalue weighted by Crippen LogP contribution is 2.34. The van der Waals surface area contributed by atoms with E-state index in [1.165, 1.54) is 18.3 Å². The minimum atomic E-state index is -0.0413. The smallest absolute Gasteiger partial charge is 0.178 e. The van der Waals surface area contributed by atoms with Crippen molar-refractivity contribution in [3.63, 3.8) is 0 Å². The largest absolute Gasteiger partial charge is 0.496 e. The number of Topliss-reactive ketones (excluding diaryl/α,β-unsaturated/α-hetero) is 1. The monoisotopic (exact) mass is 267 g/mol. The van der Waals surface area contributed by atoms with Crippen molar-refractivity contribution in [2.45, 2.75) is 6.92 Å². The Kier molecular flexibility index (Phi) is 3.45. The van der Waals surface area contributed by atoms with Gasteiger partial charge in [0.2, 0.25) is 0 Å². The molecule has 0 aliphatic carbocycles. The van der Waals surface area contributed by atoms with Crippen molar-refractivity contribution in [1.29, 1.82) is 0 Å². The van der Waals surface area contributed by atoms with Crippen LogP contribution in [0.25, 0.3) is 10.6 Å². The van der Waals surface area contributed by atoms with Crippen LogP contribution < -0.4 is 4.74 Å². The van der Waals surface area contributed by atoms with E-state index in [1.807, 2.05) is 6.07 Å². The number of benzene rings is 1. The van der Waals surface area contributed by atoms with Gasteiger partial charge < -0.3 is 4.74 Å². The maximum atomic E-state index is 11.2. The van der Waals surface area contributed by atoms with E-state index < -0.39 is 0 Å². The molecule has 0 amide bonds. The minimum absolute atomic E-state index is 0.0413. The predicted octanol–water partition coefficient (Wildman–Crippen LogP) is 3.67. The van der Waals surface area contributed by atoms with Crippen LogP contribution in [0.5, 0.6) is 5.75 Å². The number of hydrogen-bond acceptors (Lipinski definition) is 4. The third-order valence-corrected chi connectivity index (χ3v) is 3.37. The van der Waals surface area contributed by atoms with Gasteiger partial charge in [0.15, 0.2) is 5.78 Å². The number of ether oxygens (including phenoxy) is 1. The Labute approximate surface area is 108 Å². The molecule has 0 N–H and O–H groups in total. The molecular weight excluding hydrogens is 258 g/mol. The van der Waals surface area contributed by atoms with Gasteiger partial charge in [-0.05, 0) is 18.2 Å². The normalized spacial score (nSPS) is 10.3. The number of thiazole rings is 1. The number of ketones is 1. The highest BCUT2D eigenvalue weighted by atomic mass is 35.5. The molecule has 0 fully saturated rings. The van der Waals surface area contributed by atoms with E-state index in [0.29, 0.717) is 16.5 Å². The van der Waals surface area contributed by atoms with E-state index in [0.717, 1.165) is 10.6 Å². The molecule has 0 atom stereocenters. The van der Waals surface area contributed by atoms with Gasteiger partial charge in [0.1, 0.15) is 16.5 Å². The zero-order valence-electron chi connectivity index (χ0n) is 9.36. The van der Waals surface area contributed by atoms with Gasteiger partial charge >= 0.3 is 0 Å². The number of hydrogen-bond donors (Lipinski definition) is 0. The highest BCUT2D eigenvalue weighted by molar-refractivity contribution is 7.13. The lowest BCUT2D eigenvalue weighted by Crippen LogP contribution is -1.92. The first kappa shape index (κ1) is 12.1. The summed E-state index contributed by atoms with van der Waals surface area (Å²) >= 11 is 7.30. The van der Waals surface area contributed by atoms with Crippen LogP contribution in [0, 0.1) is 0 Å². The molecule has 5 heteroatoms. The van der Waals surface area contributed by atoms with Crippen molar-refractivity contribution in [2.24, 2.45) is 0 Å². The van der Waals surface area contributed by atoms with Crippen LogP contribution in [0.15, 0.2) is 23.6 Å². The van der Waals surface area contributed by atoms with Gasteiger partial charge in [0.25, 0.3) is 0 Å². The molecule has 0 radical (unpaired) electrons. The Morgan fingerprint density at radius 2 is 2.24 bits per heavy atom. The maximum Gasteiger partial charge on any atom is 0.178 e. The lowest BCUT2D eigenvalue weighted by atomic mass is 10.2. The minimum Gasteiger partial charge on any atom is -0.496 e. The molecule has 1 heterocycles. The number of aromatic nitrogens is 1. The molecule has 0 unspecified atom stereocenters. The Morgan fingerprint density at radius 3 is 2.82 bits per heavy atom. The molecule has 0 bridgehead atoms. The average molecular weight is 268 g/mol. The van der Waals surface area contributed by atoms with Crippen LogP contribution in [0.2, 0.25) is 5.02 Å². The maximum absolute atomic E-state index is 11.2.